The van der Waals surface area contributed by atoms with Gasteiger partial charge in [0.15, 0.2) is 0 Å². The molecule has 0 aromatic carbocycles. The SMILES string of the molecule is CCCCCC(C)(CC(=O)O)NC. The highest BCUT2D eigenvalue weighted by molar-refractivity contribution is 5.68. The van der Waals surface area contributed by atoms with Gasteiger partial charge in [-0.1, -0.05) is 26.2 Å². The van der Waals surface area contributed by atoms with Crippen LogP contribution in [-0.4, -0.2) is 23.7 Å². The number of nitrogens with one attached hydrogen (secondary N) is 1. The number of carboxylic acid groups (broad SMARTS) is 1. The molecule has 3 heteroatoms. The molecule has 3 nitrogen and oxygen atoms in total. The minimum atomic E-state index is -0.728. The molecule has 1 unspecified atom stereocenters. The van der Waals surface area contributed by atoms with Gasteiger partial charge in [-0.05, 0) is 20.4 Å². The van der Waals surface area contributed by atoms with Gasteiger partial charge in [-0.2, -0.15) is 0 Å². The van der Waals surface area contributed by atoms with Crippen molar-refractivity contribution in [2.24, 2.45) is 0 Å². The van der Waals surface area contributed by atoms with Crippen LogP contribution in [0.2, 0.25) is 0 Å². The van der Waals surface area contributed by atoms with Crippen molar-refractivity contribution in [1.29, 1.82) is 0 Å². The number of carbonyl (C=O) groups is 1. The van der Waals surface area contributed by atoms with Crippen LogP contribution in [0.3, 0.4) is 0 Å². The molecule has 0 aliphatic carbocycles. The molecule has 0 aliphatic heterocycles. The van der Waals surface area contributed by atoms with Crippen LogP contribution in [0.1, 0.15) is 46.0 Å². The van der Waals surface area contributed by atoms with Gasteiger partial charge in [-0.3, -0.25) is 4.79 Å². The summed E-state index contributed by atoms with van der Waals surface area (Å²) in [6.45, 7) is 4.12. The normalized spacial score (nSPS) is 15.3. The number of carboxylic acids is 1. The van der Waals surface area contributed by atoms with Gasteiger partial charge >= 0.3 is 5.97 Å². The van der Waals surface area contributed by atoms with Crippen LogP contribution in [-0.2, 0) is 4.79 Å². The van der Waals surface area contributed by atoms with E-state index in [1.807, 2.05) is 14.0 Å². The molecule has 0 spiro atoms. The highest BCUT2D eigenvalue weighted by atomic mass is 16.4. The molecule has 0 bridgehead atoms. The van der Waals surface area contributed by atoms with E-state index in [-0.39, 0.29) is 12.0 Å². The summed E-state index contributed by atoms with van der Waals surface area (Å²) in [4.78, 5) is 10.6. The Kier molecular flexibility index (Phi) is 5.71. The molecule has 0 amide bonds. The van der Waals surface area contributed by atoms with Crippen LogP contribution >= 0.6 is 0 Å². The fourth-order valence-corrected chi connectivity index (χ4v) is 1.40. The molecule has 0 aromatic rings. The van der Waals surface area contributed by atoms with E-state index in [9.17, 15) is 4.79 Å². The second-order valence-corrected chi connectivity index (χ2v) is 3.84. The first kappa shape index (κ1) is 12.4. The van der Waals surface area contributed by atoms with E-state index in [2.05, 4.69) is 12.2 Å². The second-order valence-electron chi connectivity index (χ2n) is 3.84. The van der Waals surface area contributed by atoms with Crippen LogP contribution in [0, 0.1) is 0 Å². The van der Waals surface area contributed by atoms with E-state index in [1.165, 1.54) is 12.8 Å². The summed E-state index contributed by atoms with van der Waals surface area (Å²) in [5, 5.41) is 11.8. The standard InChI is InChI=1S/C10H21NO2/c1-4-5-6-7-10(2,11-3)8-9(12)13/h11H,4-8H2,1-3H3,(H,12,13). The number of hydrogen-bond acceptors (Lipinski definition) is 2. The molecule has 13 heavy (non-hydrogen) atoms. The number of rotatable bonds is 7. The molecule has 78 valence electrons. The van der Waals surface area contributed by atoms with Crippen LogP contribution < -0.4 is 5.32 Å². The van der Waals surface area contributed by atoms with Gasteiger partial charge < -0.3 is 10.4 Å². The first-order chi connectivity index (χ1) is 6.04. The average Bonchev–Trinajstić information content (AvgIpc) is 2.04. The lowest BCUT2D eigenvalue weighted by Crippen LogP contribution is -2.41. The third-order valence-corrected chi connectivity index (χ3v) is 2.48. The minimum Gasteiger partial charge on any atom is -0.481 e. The Morgan fingerprint density at radius 1 is 1.46 bits per heavy atom. The molecular formula is C10H21NO2. The van der Waals surface area contributed by atoms with Crippen molar-refractivity contribution >= 4 is 5.97 Å². The Balaban J connectivity index is 3.88. The van der Waals surface area contributed by atoms with Crippen molar-refractivity contribution in [2.75, 3.05) is 7.05 Å². The maximum atomic E-state index is 10.6. The van der Waals surface area contributed by atoms with Gasteiger partial charge in [0, 0.05) is 5.54 Å². The second kappa shape index (κ2) is 5.97. The Hall–Kier alpha value is -0.570. The molecule has 2 N–H and O–H groups in total. The van der Waals surface area contributed by atoms with Crippen molar-refractivity contribution in [3.8, 4) is 0 Å². The Bertz CT molecular complexity index is 159. The average molecular weight is 187 g/mol. The first-order valence-electron chi connectivity index (χ1n) is 4.95. The van der Waals surface area contributed by atoms with E-state index in [0.29, 0.717) is 0 Å². The van der Waals surface area contributed by atoms with Crippen molar-refractivity contribution in [2.45, 2.75) is 51.5 Å². The lowest BCUT2D eigenvalue weighted by molar-refractivity contribution is -0.138. The van der Waals surface area contributed by atoms with Gasteiger partial charge in [0.05, 0.1) is 6.42 Å². The molecule has 0 aromatic heterocycles. The van der Waals surface area contributed by atoms with Crippen LogP contribution in [0.4, 0.5) is 0 Å². The van der Waals surface area contributed by atoms with Gasteiger partial charge in [0.25, 0.3) is 0 Å². The van der Waals surface area contributed by atoms with Crippen LogP contribution in [0.25, 0.3) is 0 Å². The van der Waals surface area contributed by atoms with Crippen LogP contribution in [0.5, 0.6) is 0 Å². The lowest BCUT2D eigenvalue weighted by atomic mass is 9.91. The molecule has 0 saturated carbocycles. The summed E-state index contributed by atoms with van der Waals surface area (Å²) >= 11 is 0. The molecule has 0 radical (unpaired) electrons. The summed E-state index contributed by atoms with van der Waals surface area (Å²) in [5.74, 6) is -0.728. The third kappa shape index (κ3) is 5.64. The highest BCUT2D eigenvalue weighted by Crippen LogP contribution is 2.18. The zero-order valence-corrected chi connectivity index (χ0v) is 8.89. The van der Waals surface area contributed by atoms with E-state index < -0.39 is 5.97 Å². The lowest BCUT2D eigenvalue weighted by Gasteiger charge is -2.27. The van der Waals surface area contributed by atoms with Crippen molar-refractivity contribution in [1.82, 2.24) is 5.32 Å². The van der Waals surface area contributed by atoms with E-state index in [1.54, 1.807) is 0 Å². The zero-order chi connectivity index (χ0) is 10.3. The molecular weight excluding hydrogens is 166 g/mol. The topological polar surface area (TPSA) is 49.3 Å². The largest absolute Gasteiger partial charge is 0.481 e. The van der Waals surface area contributed by atoms with E-state index >= 15 is 0 Å². The first-order valence-corrected chi connectivity index (χ1v) is 4.95. The molecule has 0 fully saturated rings. The third-order valence-electron chi connectivity index (χ3n) is 2.48. The summed E-state index contributed by atoms with van der Waals surface area (Å²) in [7, 11) is 1.83. The van der Waals surface area contributed by atoms with Gasteiger partial charge in [0.2, 0.25) is 0 Å². The fraction of sp³-hybridized carbons (Fsp3) is 0.900. The van der Waals surface area contributed by atoms with E-state index in [0.717, 1.165) is 12.8 Å². The maximum absolute atomic E-state index is 10.6. The summed E-state index contributed by atoms with van der Waals surface area (Å²) in [5.41, 5.74) is -0.235. The Morgan fingerprint density at radius 2 is 2.08 bits per heavy atom. The molecule has 0 aliphatic rings. The predicted octanol–water partition coefficient (Wildman–Crippen LogP) is 2.02. The van der Waals surface area contributed by atoms with Crippen LogP contribution in [0.15, 0.2) is 0 Å². The molecule has 0 saturated heterocycles. The van der Waals surface area contributed by atoms with Crippen molar-refractivity contribution in [3.63, 3.8) is 0 Å². The minimum absolute atomic E-state index is 0.202. The predicted molar refractivity (Wildman–Crippen MR) is 53.9 cm³/mol. The summed E-state index contributed by atoms with van der Waals surface area (Å²) < 4.78 is 0. The Labute approximate surface area is 80.5 Å². The van der Waals surface area contributed by atoms with Gasteiger partial charge in [-0.25, -0.2) is 0 Å². The fourth-order valence-electron chi connectivity index (χ4n) is 1.40. The highest BCUT2D eigenvalue weighted by Gasteiger charge is 2.24. The van der Waals surface area contributed by atoms with E-state index in [4.69, 9.17) is 5.11 Å². The molecule has 1 atom stereocenters. The van der Waals surface area contributed by atoms with Gasteiger partial charge in [-0.15, -0.1) is 0 Å². The number of aliphatic carboxylic acids is 1. The smallest absolute Gasteiger partial charge is 0.305 e. The van der Waals surface area contributed by atoms with Crippen molar-refractivity contribution < 1.29 is 9.90 Å². The Morgan fingerprint density at radius 3 is 2.46 bits per heavy atom. The zero-order valence-electron chi connectivity index (χ0n) is 8.89. The molecule has 0 heterocycles. The quantitative estimate of drug-likeness (QED) is 0.599. The molecule has 0 rings (SSSR count). The number of unbranched alkanes of at least 4 members (excludes halogenated alkanes) is 2. The van der Waals surface area contributed by atoms with Gasteiger partial charge in [0.1, 0.15) is 0 Å². The monoisotopic (exact) mass is 187 g/mol. The maximum Gasteiger partial charge on any atom is 0.305 e. The summed E-state index contributed by atoms with van der Waals surface area (Å²) in [6.07, 6.45) is 4.59. The number of hydrogen-bond donors (Lipinski definition) is 2. The summed E-state index contributed by atoms with van der Waals surface area (Å²) in [6, 6.07) is 0. The van der Waals surface area contributed by atoms with Crippen molar-refractivity contribution in [3.05, 3.63) is 0 Å².